The molecule has 3 rings (SSSR count). The van der Waals surface area contributed by atoms with Gasteiger partial charge in [-0.2, -0.15) is 0 Å². The van der Waals surface area contributed by atoms with E-state index < -0.39 is 0 Å². The number of likely N-dealkylation sites (N-methyl/N-ethyl adjacent to an activating group) is 1. The molecule has 1 aromatic carbocycles. The van der Waals surface area contributed by atoms with Crippen molar-refractivity contribution in [2.45, 2.75) is 18.9 Å². The minimum atomic E-state index is -0.0419. The lowest BCUT2D eigenvalue weighted by Gasteiger charge is -2.32. The van der Waals surface area contributed by atoms with Crippen LogP contribution < -0.4 is 9.47 Å². The molecule has 26 heavy (non-hydrogen) atoms. The second-order valence-electron chi connectivity index (χ2n) is 7.09. The van der Waals surface area contributed by atoms with Crippen LogP contribution in [-0.2, 0) is 15.9 Å². The molecular formula is C20H32N2O4. The van der Waals surface area contributed by atoms with Gasteiger partial charge in [-0.25, -0.2) is 0 Å². The van der Waals surface area contributed by atoms with Gasteiger partial charge < -0.3 is 23.8 Å². The molecule has 1 fully saturated rings. The Labute approximate surface area is 157 Å². The predicted octanol–water partition coefficient (Wildman–Crippen LogP) is 1.97. The second-order valence-corrected chi connectivity index (χ2v) is 7.09. The summed E-state index contributed by atoms with van der Waals surface area (Å²) < 4.78 is 23.0. The van der Waals surface area contributed by atoms with E-state index in [2.05, 4.69) is 22.9 Å². The molecule has 0 spiro atoms. The molecule has 146 valence electrons. The van der Waals surface area contributed by atoms with E-state index in [-0.39, 0.29) is 6.10 Å². The second kappa shape index (κ2) is 9.55. The monoisotopic (exact) mass is 364 g/mol. The lowest BCUT2D eigenvalue weighted by molar-refractivity contribution is -0.0216. The van der Waals surface area contributed by atoms with Crippen LogP contribution in [0.2, 0.25) is 0 Å². The fraction of sp³-hybridized carbons (Fsp3) is 0.700. The highest BCUT2D eigenvalue weighted by Gasteiger charge is 2.23. The normalized spacial score (nSPS) is 21.9. The molecule has 0 radical (unpaired) electrons. The third-order valence-electron chi connectivity index (χ3n) is 5.32. The van der Waals surface area contributed by atoms with Gasteiger partial charge in [0, 0.05) is 39.3 Å². The number of aryl methyl sites for hydroxylation is 1. The van der Waals surface area contributed by atoms with Crippen LogP contribution in [0.15, 0.2) is 12.1 Å². The first-order chi connectivity index (χ1) is 12.7. The molecule has 0 bridgehead atoms. The minimum absolute atomic E-state index is 0.0419. The summed E-state index contributed by atoms with van der Waals surface area (Å²) >= 11 is 0. The molecule has 2 heterocycles. The van der Waals surface area contributed by atoms with Crippen LogP contribution in [0.3, 0.4) is 0 Å². The summed E-state index contributed by atoms with van der Waals surface area (Å²) in [5, 5.41) is 0. The van der Waals surface area contributed by atoms with Crippen molar-refractivity contribution in [1.29, 1.82) is 0 Å². The predicted molar refractivity (Wildman–Crippen MR) is 101 cm³/mol. The average Bonchev–Trinajstić information content (AvgIpc) is 2.87. The Hall–Kier alpha value is -1.34. The van der Waals surface area contributed by atoms with Gasteiger partial charge in [0.05, 0.1) is 27.4 Å². The molecule has 0 saturated carbocycles. The lowest BCUT2D eigenvalue weighted by atomic mass is 9.99. The molecule has 1 atom stereocenters. The summed E-state index contributed by atoms with van der Waals surface area (Å²) in [6.45, 7) is 7.59. The van der Waals surface area contributed by atoms with Crippen molar-refractivity contribution in [3.05, 3.63) is 23.3 Å². The van der Waals surface area contributed by atoms with Gasteiger partial charge in [0.1, 0.15) is 6.10 Å². The Bertz CT molecular complexity index is 573. The number of methoxy groups -OCH3 is 2. The third kappa shape index (κ3) is 4.88. The fourth-order valence-corrected chi connectivity index (χ4v) is 3.62. The average molecular weight is 364 g/mol. The molecule has 2 aliphatic heterocycles. The Kier molecular flexibility index (Phi) is 7.14. The smallest absolute Gasteiger partial charge is 0.161 e. The number of rotatable bonds is 7. The largest absolute Gasteiger partial charge is 0.493 e. The van der Waals surface area contributed by atoms with E-state index in [1.807, 2.05) is 6.07 Å². The first-order valence-corrected chi connectivity index (χ1v) is 9.56. The number of ether oxygens (including phenoxy) is 4. The third-order valence-corrected chi connectivity index (χ3v) is 5.32. The molecule has 2 aliphatic rings. The van der Waals surface area contributed by atoms with Gasteiger partial charge in [-0.15, -0.1) is 0 Å². The molecule has 0 aromatic heterocycles. The zero-order chi connectivity index (χ0) is 18.4. The van der Waals surface area contributed by atoms with Crippen LogP contribution in [0.1, 0.15) is 23.7 Å². The van der Waals surface area contributed by atoms with Crippen LogP contribution in [0.4, 0.5) is 0 Å². The van der Waals surface area contributed by atoms with E-state index in [0.717, 1.165) is 70.3 Å². The number of hydrogen-bond acceptors (Lipinski definition) is 6. The fourth-order valence-electron chi connectivity index (χ4n) is 3.62. The topological polar surface area (TPSA) is 43.4 Å². The maximum absolute atomic E-state index is 6.07. The highest BCUT2D eigenvalue weighted by molar-refractivity contribution is 5.48. The van der Waals surface area contributed by atoms with Gasteiger partial charge in [-0.05, 0) is 43.1 Å². The van der Waals surface area contributed by atoms with E-state index in [4.69, 9.17) is 18.9 Å². The van der Waals surface area contributed by atoms with E-state index in [9.17, 15) is 0 Å². The minimum Gasteiger partial charge on any atom is -0.493 e. The van der Waals surface area contributed by atoms with Crippen molar-refractivity contribution < 1.29 is 18.9 Å². The SMILES string of the molecule is COc1cc2c(cc1OC)C(COCCN1CCN(C)CC1)OCCC2. The molecule has 0 N–H and O–H groups in total. The van der Waals surface area contributed by atoms with Crippen LogP contribution in [-0.4, -0.2) is 83.6 Å². The number of fused-ring (bicyclic) bond motifs is 1. The molecule has 1 saturated heterocycles. The van der Waals surface area contributed by atoms with Crippen molar-refractivity contribution in [3.63, 3.8) is 0 Å². The van der Waals surface area contributed by atoms with E-state index in [0.29, 0.717) is 6.61 Å². The molecule has 0 amide bonds. The standard InChI is InChI=1S/C20H32N2O4/c1-21-6-8-22(9-7-21)10-12-25-15-20-17-14-19(24-3)18(23-2)13-16(17)5-4-11-26-20/h13-14,20H,4-12,15H2,1-3H3. The van der Waals surface area contributed by atoms with Crippen LogP contribution in [0.25, 0.3) is 0 Å². The van der Waals surface area contributed by atoms with Crippen LogP contribution in [0, 0.1) is 0 Å². The van der Waals surface area contributed by atoms with Crippen LogP contribution >= 0.6 is 0 Å². The first-order valence-electron chi connectivity index (χ1n) is 9.56. The van der Waals surface area contributed by atoms with Crippen molar-refractivity contribution in [1.82, 2.24) is 9.80 Å². The Morgan fingerprint density at radius 2 is 1.81 bits per heavy atom. The summed E-state index contributed by atoms with van der Waals surface area (Å²) in [6, 6.07) is 4.13. The van der Waals surface area contributed by atoms with Crippen molar-refractivity contribution in [2.75, 3.05) is 73.8 Å². The van der Waals surface area contributed by atoms with Crippen molar-refractivity contribution in [2.24, 2.45) is 0 Å². The van der Waals surface area contributed by atoms with Gasteiger partial charge in [0.2, 0.25) is 0 Å². The number of benzene rings is 1. The quantitative estimate of drug-likeness (QED) is 0.689. The summed E-state index contributed by atoms with van der Waals surface area (Å²) in [7, 11) is 5.53. The van der Waals surface area contributed by atoms with Gasteiger partial charge in [0.25, 0.3) is 0 Å². The molecule has 1 unspecified atom stereocenters. The summed E-state index contributed by atoms with van der Waals surface area (Å²) in [6.07, 6.45) is 1.97. The molecule has 1 aromatic rings. The van der Waals surface area contributed by atoms with Gasteiger partial charge in [0.15, 0.2) is 11.5 Å². The maximum atomic E-state index is 6.07. The van der Waals surface area contributed by atoms with Crippen molar-refractivity contribution in [3.8, 4) is 11.5 Å². The zero-order valence-corrected chi connectivity index (χ0v) is 16.3. The lowest BCUT2D eigenvalue weighted by Crippen LogP contribution is -2.45. The summed E-state index contributed by atoms with van der Waals surface area (Å²) in [5.41, 5.74) is 2.44. The molecule has 0 aliphatic carbocycles. The molecule has 6 heteroatoms. The summed E-state index contributed by atoms with van der Waals surface area (Å²) in [4.78, 5) is 4.84. The Balaban J connectivity index is 1.56. The molecular weight excluding hydrogens is 332 g/mol. The highest BCUT2D eigenvalue weighted by atomic mass is 16.5. The Morgan fingerprint density at radius 1 is 1.08 bits per heavy atom. The van der Waals surface area contributed by atoms with Crippen molar-refractivity contribution >= 4 is 0 Å². The van der Waals surface area contributed by atoms with Gasteiger partial charge >= 0.3 is 0 Å². The maximum Gasteiger partial charge on any atom is 0.161 e. The van der Waals surface area contributed by atoms with E-state index >= 15 is 0 Å². The first kappa shape index (κ1) is 19.4. The Morgan fingerprint density at radius 3 is 2.54 bits per heavy atom. The summed E-state index contributed by atoms with van der Waals surface area (Å²) in [5.74, 6) is 1.53. The van der Waals surface area contributed by atoms with Gasteiger partial charge in [-0.1, -0.05) is 0 Å². The number of nitrogens with zero attached hydrogens (tertiary/aromatic N) is 2. The van der Waals surface area contributed by atoms with Gasteiger partial charge in [-0.3, -0.25) is 4.90 Å². The highest BCUT2D eigenvalue weighted by Crippen LogP contribution is 2.36. The number of hydrogen-bond donors (Lipinski definition) is 0. The van der Waals surface area contributed by atoms with E-state index in [1.54, 1.807) is 14.2 Å². The number of piperazine rings is 1. The molecule has 6 nitrogen and oxygen atoms in total. The van der Waals surface area contributed by atoms with E-state index in [1.165, 1.54) is 11.1 Å². The van der Waals surface area contributed by atoms with Crippen LogP contribution in [0.5, 0.6) is 11.5 Å². The zero-order valence-electron chi connectivity index (χ0n) is 16.3.